The molecule has 0 saturated heterocycles. The minimum atomic E-state index is 0.502. The smallest absolute Gasteiger partial charge is 0.227 e. The highest BCUT2D eigenvalue weighted by Crippen LogP contribution is 2.39. The zero-order valence-electron chi connectivity index (χ0n) is 30.4. The van der Waals surface area contributed by atoms with Crippen LogP contribution in [0.2, 0.25) is 0 Å². The summed E-state index contributed by atoms with van der Waals surface area (Å²) in [6.07, 6.45) is 0. The molecule has 6 heteroatoms. The normalized spacial score (nSPS) is 11.5. The number of nitriles is 1. The Kier molecular flexibility index (Phi) is 7.44. The zero-order chi connectivity index (χ0) is 37.9. The SMILES string of the molecule is N#Cc1ccc2oc(-c3ccc(N(c4ccc(-c5nc6ccccc6o5)cc4)c4ccc5cc(-c6ccc7c(ccc8ccccc87)c6)ccc5c4)cc3)nc2c1. The van der Waals surface area contributed by atoms with E-state index >= 15 is 0 Å². The molecule has 0 unspecified atom stereocenters. The van der Waals surface area contributed by atoms with Crippen molar-refractivity contribution in [3.8, 4) is 40.1 Å². The Hall–Kier alpha value is -8.01. The third-order valence-electron chi connectivity index (χ3n) is 10.7. The molecule has 0 fully saturated rings. The van der Waals surface area contributed by atoms with Crippen molar-refractivity contribution in [1.29, 1.82) is 5.26 Å². The number of oxazole rings is 2. The molecule has 57 heavy (non-hydrogen) atoms. The fraction of sp³-hybridized carbons (Fsp3) is 0. The standard InChI is InChI=1S/C51H30N4O2/c52-31-32-9-26-49-47(27-32)54-51(57-49)35-16-22-42(23-17-35)55(41-20-14-34(15-21-41)50-53-46-7-3-4-8-48(46)56-50)43-24-18-37-28-36(11-12-39(37)30-43)38-19-25-45-40(29-38)13-10-33-5-1-2-6-44(33)45/h1-30H. The zero-order valence-corrected chi connectivity index (χ0v) is 30.4. The van der Waals surface area contributed by atoms with Crippen LogP contribution in [0.3, 0.4) is 0 Å². The van der Waals surface area contributed by atoms with Crippen LogP contribution in [-0.4, -0.2) is 9.97 Å². The number of para-hydroxylation sites is 2. The van der Waals surface area contributed by atoms with Crippen LogP contribution in [0.4, 0.5) is 17.1 Å². The highest BCUT2D eigenvalue weighted by Gasteiger charge is 2.17. The molecule has 2 heterocycles. The lowest BCUT2D eigenvalue weighted by atomic mass is 9.96. The van der Waals surface area contributed by atoms with Crippen LogP contribution in [0, 0.1) is 11.3 Å². The Morgan fingerprint density at radius 2 is 0.947 bits per heavy atom. The Labute approximate surface area is 327 Å². The molecule has 0 aliphatic carbocycles. The van der Waals surface area contributed by atoms with E-state index in [9.17, 15) is 5.26 Å². The number of anilines is 3. The van der Waals surface area contributed by atoms with Crippen molar-refractivity contribution in [1.82, 2.24) is 9.97 Å². The molecule has 0 radical (unpaired) electrons. The Morgan fingerprint density at radius 1 is 0.404 bits per heavy atom. The molecular weight excluding hydrogens is 701 g/mol. The molecule has 0 N–H and O–H groups in total. The quantitative estimate of drug-likeness (QED) is 0.159. The second kappa shape index (κ2) is 13.1. The van der Waals surface area contributed by atoms with Crippen LogP contribution in [0.5, 0.6) is 0 Å². The number of nitrogens with zero attached hydrogens (tertiary/aromatic N) is 4. The van der Waals surface area contributed by atoms with Crippen molar-refractivity contribution >= 4 is 71.6 Å². The average molecular weight is 731 g/mol. The van der Waals surface area contributed by atoms with Crippen molar-refractivity contribution in [3.63, 3.8) is 0 Å². The minimum Gasteiger partial charge on any atom is -0.436 e. The van der Waals surface area contributed by atoms with Gasteiger partial charge < -0.3 is 13.7 Å². The van der Waals surface area contributed by atoms with Gasteiger partial charge >= 0.3 is 0 Å². The predicted octanol–water partition coefficient (Wildman–Crippen LogP) is 13.8. The maximum atomic E-state index is 9.35. The highest BCUT2D eigenvalue weighted by atomic mass is 16.4. The van der Waals surface area contributed by atoms with Gasteiger partial charge in [0.2, 0.25) is 11.8 Å². The monoisotopic (exact) mass is 730 g/mol. The molecule has 0 saturated carbocycles. The van der Waals surface area contributed by atoms with Gasteiger partial charge in [-0.25, -0.2) is 9.97 Å². The summed E-state index contributed by atoms with van der Waals surface area (Å²) in [6.45, 7) is 0. The van der Waals surface area contributed by atoms with E-state index in [1.54, 1.807) is 18.2 Å². The summed E-state index contributed by atoms with van der Waals surface area (Å²) in [5, 5.41) is 16.7. The minimum absolute atomic E-state index is 0.502. The van der Waals surface area contributed by atoms with E-state index in [1.807, 2.05) is 36.4 Å². The van der Waals surface area contributed by atoms with E-state index in [4.69, 9.17) is 13.8 Å². The fourth-order valence-electron chi connectivity index (χ4n) is 7.81. The lowest BCUT2D eigenvalue weighted by Crippen LogP contribution is -2.09. The summed E-state index contributed by atoms with van der Waals surface area (Å²) in [4.78, 5) is 11.6. The molecular formula is C51H30N4O2. The fourth-order valence-corrected chi connectivity index (χ4v) is 7.81. The van der Waals surface area contributed by atoms with Crippen molar-refractivity contribution < 1.29 is 8.83 Å². The summed E-state index contributed by atoms with van der Waals surface area (Å²) >= 11 is 0. The number of fused-ring (bicyclic) bond motifs is 6. The van der Waals surface area contributed by atoms with Crippen molar-refractivity contribution in [2.45, 2.75) is 0 Å². The van der Waals surface area contributed by atoms with E-state index in [0.29, 0.717) is 28.4 Å². The second-order valence-electron chi connectivity index (χ2n) is 14.2. The predicted molar refractivity (Wildman–Crippen MR) is 230 cm³/mol. The lowest BCUT2D eigenvalue weighted by Gasteiger charge is -2.26. The van der Waals surface area contributed by atoms with Crippen molar-refractivity contribution in [2.75, 3.05) is 4.90 Å². The number of rotatable bonds is 6. The molecule has 0 spiro atoms. The topological polar surface area (TPSA) is 79.1 Å². The first-order chi connectivity index (χ1) is 28.1. The molecule has 11 rings (SSSR count). The van der Waals surface area contributed by atoms with Gasteiger partial charge in [0.25, 0.3) is 0 Å². The molecule has 0 aliphatic heterocycles. The molecule has 0 aliphatic rings. The Bertz CT molecular complexity index is 3340. The third-order valence-corrected chi connectivity index (χ3v) is 10.7. The van der Waals surface area contributed by atoms with E-state index < -0.39 is 0 Å². The Morgan fingerprint density at radius 3 is 1.70 bits per heavy atom. The lowest BCUT2D eigenvalue weighted by molar-refractivity contribution is 0.619. The first kappa shape index (κ1) is 32.4. The molecule has 0 amide bonds. The molecule has 0 bridgehead atoms. The third kappa shape index (κ3) is 5.74. The van der Waals surface area contributed by atoms with Gasteiger partial charge in [-0.15, -0.1) is 0 Å². The van der Waals surface area contributed by atoms with Crippen LogP contribution in [-0.2, 0) is 0 Å². The van der Waals surface area contributed by atoms with Gasteiger partial charge in [0.05, 0.1) is 11.6 Å². The first-order valence-corrected chi connectivity index (χ1v) is 18.8. The van der Waals surface area contributed by atoms with Gasteiger partial charge in [0.1, 0.15) is 11.0 Å². The summed E-state index contributed by atoms with van der Waals surface area (Å²) in [7, 11) is 0. The van der Waals surface area contributed by atoms with Gasteiger partial charge in [-0.05, 0) is 147 Å². The maximum absolute atomic E-state index is 9.35. The van der Waals surface area contributed by atoms with Crippen LogP contribution < -0.4 is 4.90 Å². The summed E-state index contributed by atoms with van der Waals surface area (Å²) in [6, 6.07) is 64.8. The maximum Gasteiger partial charge on any atom is 0.227 e. The van der Waals surface area contributed by atoms with E-state index in [2.05, 4.69) is 143 Å². The van der Waals surface area contributed by atoms with E-state index in [0.717, 1.165) is 50.1 Å². The summed E-state index contributed by atoms with van der Waals surface area (Å²) in [5.41, 5.74) is 10.5. The number of benzene rings is 9. The number of aromatic nitrogens is 2. The summed E-state index contributed by atoms with van der Waals surface area (Å²) < 4.78 is 12.2. The molecule has 266 valence electrons. The van der Waals surface area contributed by atoms with E-state index in [-0.39, 0.29) is 0 Å². The van der Waals surface area contributed by atoms with E-state index in [1.165, 1.54) is 32.7 Å². The first-order valence-electron chi connectivity index (χ1n) is 18.8. The van der Waals surface area contributed by atoms with Crippen LogP contribution in [0.1, 0.15) is 5.56 Å². The highest BCUT2D eigenvalue weighted by molar-refractivity contribution is 6.08. The summed E-state index contributed by atoms with van der Waals surface area (Å²) in [5.74, 6) is 1.09. The van der Waals surface area contributed by atoms with Gasteiger partial charge in [-0.2, -0.15) is 5.26 Å². The van der Waals surface area contributed by atoms with Gasteiger partial charge in [-0.3, -0.25) is 0 Å². The van der Waals surface area contributed by atoms with Crippen molar-refractivity contribution in [2.24, 2.45) is 0 Å². The number of hydrogen-bond donors (Lipinski definition) is 0. The average Bonchev–Trinajstić information content (AvgIpc) is 3.91. The van der Waals surface area contributed by atoms with Crippen LogP contribution in [0.15, 0.2) is 191 Å². The van der Waals surface area contributed by atoms with Crippen LogP contribution >= 0.6 is 0 Å². The largest absolute Gasteiger partial charge is 0.436 e. The second-order valence-corrected chi connectivity index (χ2v) is 14.2. The van der Waals surface area contributed by atoms with Gasteiger partial charge in [0.15, 0.2) is 11.2 Å². The molecule has 2 aromatic heterocycles. The van der Waals surface area contributed by atoms with Gasteiger partial charge in [0, 0.05) is 28.2 Å². The molecule has 11 aromatic rings. The molecule has 9 aromatic carbocycles. The Balaban J connectivity index is 0.966. The number of hydrogen-bond acceptors (Lipinski definition) is 6. The van der Waals surface area contributed by atoms with Gasteiger partial charge in [-0.1, -0.05) is 78.9 Å². The van der Waals surface area contributed by atoms with Crippen molar-refractivity contribution in [3.05, 3.63) is 188 Å². The molecule has 6 nitrogen and oxygen atoms in total. The molecule has 0 atom stereocenters. The van der Waals surface area contributed by atoms with Crippen LogP contribution in [0.25, 0.3) is 88.6 Å².